The Bertz CT molecular complexity index is 1030. The topological polar surface area (TPSA) is 79.0 Å². The number of carbonyl (C=O) groups is 3. The summed E-state index contributed by atoms with van der Waals surface area (Å²) in [5, 5.41) is 2.87. The fourth-order valence-electron chi connectivity index (χ4n) is 4.81. The molecule has 2 aromatic carbocycles. The molecule has 34 heavy (non-hydrogen) atoms. The van der Waals surface area contributed by atoms with E-state index in [0.29, 0.717) is 18.0 Å². The van der Waals surface area contributed by atoms with Crippen molar-refractivity contribution in [1.29, 1.82) is 0 Å². The van der Waals surface area contributed by atoms with Crippen molar-refractivity contribution in [3.05, 3.63) is 54.1 Å². The number of amides is 4. The number of carbonyl (C=O) groups excluding carboxylic acids is 3. The van der Waals surface area contributed by atoms with Gasteiger partial charge in [0.1, 0.15) is 11.8 Å². The lowest BCUT2D eigenvalue weighted by Crippen LogP contribution is -2.45. The Morgan fingerprint density at radius 1 is 1.06 bits per heavy atom. The van der Waals surface area contributed by atoms with E-state index in [1.165, 1.54) is 4.90 Å². The SMILES string of the molecule is CCCOc1ccc(NC(=O)C[C@H]2C(=O)N(c3cccc(C)c3)C(=O)N2C2CCCCC2)cc1. The Labute approximate surface area is 201 Å². The number of aryl methyl sites for hydroxylation is 1. The molecule has 4 rings (SSSR count). The Morgan fingerprint density at radius 2 is 1.79 bits per heavy atom. The number of ether oxygens (including phenoxy) is 1. The summed E-state index contributed by atoms with van der Waals surface area (Å²) in [6.45, 7) is 4.61. The molecular formula is C27H33N3O4. The van der Waals surface area contributed by atoms with Crippen LogP contribution < -0.4 is 15.0 Å². The van der Waals surface area contributed by atoms with Gasteiger partial charge >= 0.3 is 6.03 Å². The van der Waals surface area contributed by atoms with Gasteiger partial charge in [-0.3, -0.25) is 9.59 Å². The highest BCUT2D eigenvalue weighted by Crippen LogP contribution is 2.34. The summed E-state index contributed by atoms with van der Waals surface area (Å²) in [6, 6.07) is 13.4. The molecule has 1 aliphatic heterocycles. The average Bonchev–Trinajstić information content (AvgIpc) is 3.08. The van der Waals surface area contributed by atoms with Crippen LogP contribution in [0.25, 0.3) is 0 Å². The van der Waals surface area contributed by atoms with Crippen molar-refractivity contribution in [3.8, 4) is 5.75 Å². The number of imide groups is 1. The predicted molar refractivity (Wildman–Crippen MR) is 132 cm³/mol. The highest BCUT2D eigenvalue weighted by molar-refractivity contribution is 6.22. The molecule has 1 atom stereocenters. The van der Waals surface area contributed by atoms with Crippen LogP contribution in [0.1, 0.15) is 57.4 Å². The lowest BCUT2D eigenvalue weighted by atomic mass is 9.93. The number of nitrogens with one attached hydrogen (secondary N) is 1. The monoisotopic (exact) mass is 463 g/mol. The summed E-state index contributed by atoms with van der Waals surface area (Å²) in [6.07, 6.45) is 5.76. The highest BCUT2D eigenvalue weighted by atomic mass is 16.5. The van der Waals surface area contributed by atoms with Crippen LogP contribution in [0.4, 0.5) is 16.2 Å². The summed E-state index contributed by atoms with van der Waals surface area (Å²) < 4.78 is 5.59. The molecule has 0 spiro atoms. The maximum absolute atomic E-state index is 13.5. The van der Waals surface area contributed by atoms with E-state index in [1.54, 1.807) is 23.1 Å². The maximum Gasteiger partial charge on any atom is 0.332 e. The molecule has 2 aliphatic rings. The molecule has 0 aromatic heterocycles. The van der Waals surface area contributed by atoms with Crippen LogP contribution in [0.2, 0.25) is 0 Å². The molecule has 2 fully saturated rings. The van der Waals surface area contributed by atoms with Crippen molar-refractivity contribution in [2.75, 3.05) is 16.8 Å². The number of anilines is 2. The molecule has 2 aromatic rings. The molecule has 1 aliphatic carbocycles. The first kappa shape index (κ1) is 23.8. The molecule has 4 amide bonds. The van der Waals surface area contributed by atoms with Crippen LogP contribution in [-0.4, -0.2) is 41.4 Å². The third-order valence-electron chi connectivity index (χ3n) is 6.47. The fraction of sp³-hybridized carbons (Fsp3) is 0.444. The molecule has 1 saturated carbocycles. The third-order valence-corrected chi connectivity index (χ3v) is 6.47. The third kappa shape index (κ3) is 5.24. The molecule has 1 heterocycles. The minimum Gasteiger partial charge on any atom is -0.494 e. The molecule has 180 valence electrons. The van der Waals surface area contributed by atoms with Crippen LogP contribution in [-0.2, 0) is 9.59 Å². The molecule has 0 bridgehead atoms. The second-order valence-electron chi connectivity index (χ2n) is 9.14. The van der Waals surface area contributed by atoms with Gasteiger partial charge in [-0.2, -0.15) is 0 Å². The number of hydrogen-bond donors (Lipinski definition) is 1. The fourth-order valence-corrected chi connectivity index (χ4v) is 4.81. The van der Waals surface area contributed by atoms with Gasteiger partial charge in [0, 0.05) is 11.7 Å². The van der Waals surface area contributed by atoms with E-state index in [9.17, 15) is 14.4 Å². The van der Waals surface area contributed by atoms with Crippen molar-refractivity contribution < 1.29 is 19.1 Å². The minimum atomic E-state index is -0.803. The van der Waals surface area contributed by atoms with Gasteiger partial charge < -0.3 is 15.0 Å². The smallest absolute Gasteiger partial charge is 0.332 e. The lowest BCUT2D eigenvalue weighted by Gasteiger charge is -2.33. The van der Waals surface area contributed by atoms with E-state index >= 15 is 0 Å². The Morgan fingerprint density at radius 3 is 2.47 bits per heavy atom. The van der Waals surface area contributed by atoms with Crippen LogP contribution in [0, 0.1) is 6.92 Å². The van der Waals surface area contributed by atoms with Gasteiger partial charge in [0.25, 0.3) is 5.91 Å². The Hall–Kier alpha value is -3.35. The summed E-state index contributed by atoms with van der Waals surface area (Å²) in [4.78, 5) is 42.8. The number of urea groups is 1. The van der Waals surface area contributed by atoms with Crippen LogP contribution in [0.5, 0.6) is 5.75 Å². The van der Waals surface area contributed by atoms with E-state index < -0.39 is 6.04 Å². The van der Waals surface area contributed by atoms with Crippen molar-refractivity contribution in [1.82, 2.24) is 4.90 Å². The van der Waals surface area contributed by atoms with Crippen LogP contribution in [0.15, 0.2) is 48.5 Å². The standard InChI is InChI=1S/C27H33N3O4/c1-3-16-34-23-14-12-20(13-15-23)28-25(31)18-24-26(32)30(22-11-7-8-19(2)17-22)27(33)29(24)21-9-5-4-6-10-21/h7-8,11-15,17,21,24H,3-6,9-10,16,18H2,1-2H3,(H,28,31)/t24-/m0/s1. The van der Waals surface area contributed by atoms with Crippen molar-refractivity contribution in [3.63, 3.8) is 0 Å². The van der Waals surface area contributed by atoms with Gasteiger partial charge in [0.15, 0.2) is 0 Å². The summed E-state index contributed by atoms with van der Waals surface area (Å²) in [5.74, 6) is 0.119. The molecule has 7 heteroatoms. The van der Waals surface area contributed by atoms with Crippen LogP contribution in [0.3, 0.4) is 0 Å². The highest BCUT2D eigenvalue weighted by Gasteiger charge is 2.49. The predicted octanol–water partition coefficient (Wildman–Crippen LogP) is 5.28. The molecule has 1 N–H and O–H groups in total. The van der Waals surface area contributed by atoms with E-state index in [0.717, 1.165) is 49.8 Å². The Kier molecular flexibility index (Phi) is 7.50. The van der Waals surface area contributed by atoms with Crippen molar-refractivity contribution >= 4 is 29.2 Å². The first-order chi connectivity index (χ1) is 16.5. The summed E-state index contributed by atoms with van der Waals surface area (Å²) in [5.41, 5.74) is 2.15. The molecule has 0 radical (unpaired) electrons. The number of nitrogens with zero attached hydrogens (tertiary/aromatic N) is 2. The van der Waals surface area contributed by atoms with Gasteiger partial charge in [-0.05, 0) is 68.1 Å². The van der Waals surface area contributed by atoms with E-state index in [1.807, 2.05) is 44.2 Å². The molecule has 7 nitrogen and oxygen atoms in total. The van der Waals surface area contributed by atoms with E-state index in [2.05, 4.69) is 5.32 Å². The van der Waals surface area contributed by atoms with E-state index in [-0.39, 0.29) is 30.3 Å². The van der Waals surface area contributed by atoms with E-state index in [4.69, 9.17) is 4.74 Å². The first-order valence-electron chi connectivity index (χ1n) is 12.2. The molecular weight excluding hydrogens is 430 g/mol. The first-order valence-corrected chi connectivity index (χ1v) is 12.2. The zero-order chi connectivity index (χ0) is 24.1. The average molecular weight is 464 g/mol. The van der Waals surface area contributed by atoms with Gasteiger partial charge in [0.2, 0.25) is 5.91 Å². The van der Waals surface area contributed by atoms with Gasteiger partial charge in [-0.25, -0.2) is 9.69 Å². The maximum atomic E-state index is 13.5. The summed E-state index contributed by atoms with van der Waals surface area (Å²) in [7, 11) is 0. The molecule has 1 saturated heterocycles. The zero-order valence-electron chi connectivity index (χ0n) is 20.0. The quantitative estimate of drug-likeness (QED) is 0.540. The summed E-state index contributed by atoms with van der Waals surface area (Å²) >= 11 is 0. The van der Waals surface area contributed by atoms with Crippen molar-refractivity contribution in [2.24, 2.45) is 0 Å². The second kappa shape index (κ2) is 10.7. The number of benzene rings is 2. The van der Waals surface area contributed by atoms with Gasteiger partial charge in [-0.1, -0.05) is 38.3 Å². The normalized spacial score (nSPS) is 18.9. The van der Waals surface area contributed by atoms with Gasteiger partial charge in [0.05, 0.1) is 18.7 Å². The van der Waals surface area contributed by atoms with Gasteiger partial charge in [-0.15, -0.1) is 0 Å². The van der Waals surface area contributed by atoms with Crippen LogP contribution >= 0.6 is 0 Å². The number of hydrogen-bond acceptors (Lipinski definition) is 4. The number of rotatable bonds is 8. The zero-order valence-corrected chi connectivity index (χ0v) is 20.0. The largest absolute Gasteiger partial charge is 0.494 e. The molecule has 0 unspecified atom stereocenters. The lowest BCUT2D eigenvalue weighted by molar-refractivity contribution is -0.125. The minimum absolute atomic E-state index is 0.0205. The van der Waals surface area contributed by atoms with Crippen molar-refractivity contribution in [2.45, 2.75) is 70.9 Å². The Balaban J connectivity index is 1.51. The second-order valence-corrected chi connectivity index (χ2v) is 9.14.